The maximum Gasteiger partial charge on any atom is 0.393 e. The second kappa shape index (κ2) is 3.48. The van der Waals surface area contributed by atoms with E-state index in [2.05, 4.69) is 0 Å². The van der Waals surface area contributed by atoms with Crippen molar-refractivity contribution in [2.45, 2.75) is 19.0 Å². The van der Waals surface area contributed by atoms with Gasteiger partial charge in [0.25, 0.3) is 0 Å². The number of primary amides is 1. The second-order valence-corrected chi connectivity index (χ2v) is 3.41. The van der Waals surface area contributed by atoms with Crippen LogP contribution in [-0.4, -0.2) is 12.1 Å². The molecule has 2 atom stereocenters. The highest BCUT2D eigenvalue weighted by molar-refractivity contribution is 5.79. The van der Waals surface area contributed by atoms with Crippen molar-refractivity contribution in [3.63, 3.8) is 0 Å². The van der Waals surface area contributed by atoms with Crippen molar-refractivity contribution in [2.75, 3.05) is 0 Å². The first-order valence-electron chi connectivity index (χ1n) is 4.13. The number of carbonyl (C=O) groups is 1. The molecular formula is C8H9F3N2O. The molecule has 78 valence electrons. The number of hydrogen-bond donors (Lipinski definition) is 1. The number of amides is 1. The third-order valence-electron chi connectivity index (χ3n) is 2.31. The van der Waals surface area contributed by atoms with Crippen LogP contribution in [0, 0.1) is 29.1 Å². The Morgan fingerprint density at radius 2 is 2.00 bits per heavy atom. The number of rotatable bonds is 3. The zero-order chi connectivity index (χ0) is 10.9. The molecule has 0 aliphatic heterocycles. The summed E-state index contributed by atoms with van der Waals surface area (Å²) in [7, 11) is 0. The quantitative estimate of drug-likeness (QED) is 0.753. The first kappa shape index (κ1) is 10.8. The van der Waals surface area contributed by atoms with Gasteiger partial charge in [-0.05, 0) is 18.8 Å². The Kier molecular flexibility index (Phi) is 2.69. The molecule has 14 heavy (non-hydrogen) atoms. The lowest BCUT2D eigenvalue weighted by Gasteiger charge is -2.22. The van der Waals surface area contributed by atoms with Gasteiger partial charge in [-0.2, -0.15) is 18.4 Å². The molecule has 0 heterocycles. The van der Waals surface area contributed by atoms with E-state index < -0.39 is 29.8 Å². The van der Waals surface area contributed by atoms with Gasteiger partial charge in [0.15, 0.2) is 0 Å². The molecule has 1 aliphatic rings. The van der Waals surface area contributed by atoms with E-state index in [4.69, 9.17) is 11.0 Å². The summed E-state index contributed by atoms with van der Waals surface area (Å²) >= 11 is 0. The number of hydrogen-bond acceptors (Lipinski definition) is 2. The topological polar surface area (TPSA) is 66.9 Å². The van der Waals surface area contributed by atoms with Crippen LogP contribution in [0.4, 0.5) is 13.2 Å². The van der Waals surface area contributed by atoms with E-state index in [-0.39, 0.29) is 0 Å². The number of nitrogens with two attached hydrogens (primary N) is 1. The van der Waals surface area contributed by atoms with E-state index in [0.717, 1.165) is 0 Å². The van der Waals surface area contributed by atoms with Crippen LogP contribution in [-0.2, 0) is 4.79 Å². The van der Waals surface area contributed by atoms with Crippen LogP contribution in [0.5, 0.6) is 0 Å². The molecule has 0 spiro atoms. The molecule has 0 bridgehead atoms. The number of carbonyl (C=O) groups excluding carboxylic acids is 1. The van der Waals surface area contributed by atoms with E-state index in [1.165, 1.54) is 6.07 Å². The molecule has 1 rings (SSSR count). The lowest BCUT2D eigenvalue weighted by atomic mass is 9.88. The maximum atomic E-state index is 12.4. The predicted octanol–water partition coefficient (Wildman–Crippen LogP) is 1.20. The van der Waals surface area contributed by atoms with Crippen molar-refractivity contribution in [2.24, 2.45) is 23.5 Å². The van der Waals surface area contributed by atoms with Crippen molar-refractivity contribution in [1.82, 2.24) is 0 Å². The molecule has 1 amide bonds. The fourth-order valence-electron chi connectivity index (χ4n) is 1.50. The van der Waals surface area contributed by atoms with Crippen LogP contribution in [0.3, 0.4) is 0 Å². The molecule has 0 aromatic carbocycles. The van der Waals surface area contributed by atoms with Gasteiger partial charge in [-0.1, -0.05) is 0 Å². The van der Waals surface area contributed by atoms with E-state index in [1.54, 1.807) is 0 Å². The predicted molar refractivity (Wildman–Crippen MR) is 40.6 cm³/mol. The molecule has 1 saturated carbocycles. The van der Waals surface area contributed by atoms with E-state index >= 15 is 0 Å². The largest absolute Gasteiger partial charge is 0.393 e. The lowest BCUT2D eigenvalue weighted by Crippen LogP contribution is -2.38. The van der Waals surface area contributed by atoms with Crippen molar-refractivity contribution < 1.29 is 18.0 Å². The van der Waals surface area contributed by atoms with Crippen LogP contribution in [0.1, 0.15) is 12.8 Å². The van der Waals surface area contributed by atoms with Crippen LogP contribution in [0.15, 0.2) is 0 Å². The van der Waals surface area contributed by atoms with Crippen LogP contribution >= 0.6 is 0 Å². The summed E-state index contributed by atoms with van der Waals surface area (Å²) in [6.07, 6.45) is -3.69. The normalized spacial score (nSPS) is 21.0. The van der Waals surface area contributed by atoms with Crippen molar-refractivity contribution in [3.05, 3.63) is 0 Å². The Hall–Kier alpha value is -1.25. The smallest absolute Gasteiger partial charge is 0.369 e. The summed E-state index contributed by atoms with van der Waals surface area (Å²) in [4.78, 5) is 10.7. The molecule has 3 nitrogen and oxygen atoms in total. The van der Waals surface area contributed by atoms with Gasteiger partial charge < -0.3 is 5.73 Å². The van der Waals surface area contributed by atoms with Gasteiger partial charge in [0.05, 0.1) is 12.0 Å². The Morgan fingerprint density at radius 3 is 2.21 bits per heavy atom. The van der Waals surface area contributed by atoms with Gasteiger partial charge in [-0.25, -0.2) is 0 Å². The van der Waals surface area contributed by atoms with E-state index in [1.807, 2.05) is 0 Å². The monoisotopic (exact) mass is 206 g/mol. The highest BCUT2D eigenvalue weighted by Gasteiger charge is 2.54. The Bertz CT molecular complexity index is 277. The van der Waals surface area contributed by atoms with Gasteiger partial charge in [0.1, 0.15) is 5.92 Å². The Labute approximate surface area is 78.7 Å². The SMILES string of the molecule is N#CC(C(N)=O)C(C1CC1)C(F)(F)F. The van der Waals surface area contributed by atoms with Crippen molar-refractivity contribution in [1.29, 1.82) is 5.26 Å². The number of nitriles is 1. The molecule has 0 radical (unpaired) electrons. The zero-order valence-corrected chi connectivity index (χ0v) is 7.21. The fourth-order valence-corrected chi connectivity index (χ4v) is 1.50. The average molecular weight is 206 g/mol. The average Bonchev–Trinajstić information content (AvgIpc) is 2.79. The fraction of sp³-hybridized carbons (Fsp3) is 0.750. The minimum absolute atomic E-state index is 0.412. The molecular weight excluding hydrogens is 197 g/mol. The molecule has 0 aromatic rings. The second-order valence-electron chi connectivity index (χ2n) is 3.41. The zero-order valence-electron chi connectivity index (χ0n) is 7.21. The van der Waals surface area contributed by atoms with Crippen molar-refractivity contribution >= 4 is 5.91 Å². The highest BCUT2D eigenvalue weighted by Crippen LogP contribution is 2.48. The lowest BCUT2D eigenvalue weighted by molar-refractivity contribution is -0.191. The summed E-state index contributed by atoms with van der Waals surface area (Å²) in [5.41, 5.74) is 4.75. The van der Waals surface area contributed by atoms with Crippen molar-refractivity contribution in [3.8, 4) is 6.07 Å². The van der Waals surface area contributed by atoms with Crippen LogP contribution in [0.25, 0.3) is 0 Å². The Balaban J connectivity index is 2.87. The first-order chi connectivity index (χ1) is 6.38. The first-order valence-corrected chi connectivity index (χ1v) is 4.13. The standard InChI is InChI=1S/C8H9F3N2O/c9-8(10,11)6(4-1-2-4)5(3-12)7(13)14/h4-6H,1-2H2,(H2,13,14). The Morgan fingerprint density at radius 1 is 1.50 bits per heavy atom. The highest BCUT2D eigenvalue weighted by atomic mass is 19.4. The van der Waals surface area contributed by atoms with Crippen LogP contribution < -0.4 is 5.73 Å². The van der Waals surface area contributed by atoms with Gasteiger partial charge >= 0.3 is 6.18 Å². The molecule has 2 N–H and O–H groups in total. The van der Waals surface area contributed by atoms with Crippen LogP contribution in [0.2, 0.25) is 0 Å². The molecule has 1 aliphatic carbocycles. The number of alkyl halides is 3. The summed E-state index contributed by atoms with van der Waals surface area (Å²) in [6, 6.07) is 1.33. The molecule has 0 saturated heterocycles. The third kappa shape index (κ3) is 2.16. The van der Waals surface area contributed by atoms with Gasteiger partial charge in [0.2, 0.25) is 5.91 Å². The summed E-state index contributed by atoms with van der Waals surface area (Å²) in [5, 5.41) is 8.46. The molecule has 6 heteroatoms. The summed E-state index contributed by atoms with van der Waals surface area (Å²) in [6.45, 7) is 0. The summed E-state index contributed by atoms with van der Waals surface area (Å²) in [5.74, 6) is -5.43. The molecule has 2 unspecified atom stereocenters. The minimum Gasteiger partial charge on any atom is -0.369 e. The molecule has 1 fully saturated rings. The third-order valence-corrected chi connectivity index (χ3v) is 2.31. The molecule has 0 aromatic heterocycles. The maximum absolute atomic E-state index is 12.4. The summed E-state index contributed by atoms with van der Waals surface area (Å²) < 4.78 is 37.3. The van der Waals surface area contributed by atoms with E-state index in [0.29, 0.717) is 12.8 Å². The number of nitrogens with zero attached hydrogens (tertiary/aromatic N) is 1. The van der Waals surface area contributed by atoms with E-state index in [9.17, 15) is 18.0 Å². The van der Waals surface area contributed by atoms with Gasteiger partial charge in [-0.15, -0.1) is 0 Å². The number of halogens is 3. The van der Waals surface area contributed by atoms with Gasteiger partial charge in [0, 0.05) is 0 Å². The minimum atomic E-state index is -4.52. The van der Waals surface area contributed by atoms with Gasteiger partial charge in [-0.3, -0.25) is 4.79 Å².